The van der Waals surface area contributed by atoms with E-state index in [1.807, 2.05) is 6.92 Å². The van der Waals surface area contributed by atoms with E-state index in [-0.39, 0.29) is 5.78 Å². The minimum Gasteiger partial charge on any atom is -0.492 e. The predicted octanol–water partition coefficient (Wildman–Crippen LogP) is 2.56. The standard InChI is InChI=1S/C12H12N2O2S/c1-2-3-16-10-4-9(5-13-6-10)12(15)11-7-14-8-17-11/h4-8H,2-3H2,1H3. The van der Waals surface area contributed by atoms with Crippen molar-refractivity contribution in [3.63, 3.8) is 0 Å². The van der Waals surface area contributed by atoms with Gasteiger partial charge in [-0.05, 0) is 12.5 Å². The van der Waals surface area contributed by atoms with Gasteiger partial charge >= 0.3 is 0 Å². The molecule has 17 heavy (non-hydrogen) atoms. The number of ether oxygens (including phenoxy) is 1. The second-order valence-corrected chi connectivity index (χ2v) is 4.34. The summed E-state index contributed by atoms with van der Waals surface area (Å²) in [5, 5.41) is 0. The van der Waals surface area contributed by atoms with Crippen LogP contribution in [0.1, 0.15) is 28.6 Å². The molecule has 0 aliphatic rings. The maximum Gasteiger partial charge on any atom is 0.206 e. The van der Waals surface area contributed by atoms with Crippen LogP contribution >= 0.6 is 11.3 Å². The van der Waals surface area contributed by atoms with Crippen LogP contribution in [0.2, 0.25) is 0 Å². The maximum absolute atomic E-state index is 12.0. The zero-order valence-electron chi connectivity index (χ0n) is 9.42. The molecule has 0 saturated heterocycles. The summed E-state index contributed by atoms with van der Waals surface area (Å²) < 4.78 is 5.44. The number of nitrogens with zero attached hydrogens (tertiary/aromatic N) is 2. The number of aromatic nitrogens is 2. The first-order valence-corrected chi connectivity index (χ1v) is 6.20. The van der Waals surface area contributed by atoms with Crippen LogP contribution in [0.3, 0.4) is 0 Å². The van der Waals surface area contributed by atoms with E-state index in [2.05, 4.69) is 9.97 Å². The van der Waals surface area contributed by atoms with Gasteiger partial charge in [0.1, 0.15) is 5.75 Å². The van der Waals surface area contributed by atoms with Crippen LogP contribution < -0.4 is 4.74 Å². The van der Waals surface area contributed by atoms with Crippen molar-refractivity contribution in [2.75, 3.05) is 6.61 Å². The van der Waals surface area contributed by atoms with Crippen molar-refractivity contribution in [1.82, 2.24) is 9.97 Å². The lowest BCUT2D eigenvalue weighted by molar-refractivity contribution is 0.104. The third kappa shape index (κ3) is 2.88. The summed E-state index contributed by atoms with van der Waals surface area (Å²) in [5.74, 6) is 0.559. The average Bonchev–Trinajstić information content (AvgIpc) is 2.89. The van der Waals surface area contributed by atoms with Gasteiger partial charge < -0.3 is 4.74 Å². The smallest absolute Gasteiger partial charge is 0.206 e. The molecule has 0 aliphatic heterocycles. The third-order valence-corrected chi connectivity index (χ3v) is 2.88. The van der Waals surface area contributed by atoms with Gasteiger partial charge in [0.15, 0.2) is 0 Å². The molecule has 0 atom stereocenters. The van der Waals surface area contributed by atoms with Gasteiger partial charge in [0, 0.05) is 18.0 Å². The lowest BCUT2D eigenvalue weighted by Crippen LogP contribution is -2.01. The van der Waals surface area contributed by atoms with Crippen LogP contribution in [0.25, 0.3) is 0 Å². The fourth-order valence-electron chi connectivity index (χ4n) is 1.31. The quantitative estimate of drug-likeness (QED) is 0.763. The predicted molar refractivity (Wildman–Crippen MR) is 65.6 cm³/mol. The number of hydrogen-bond acceptors (Lipinski definition) is 5. The minimum absolute atomic E-state index is 0.0676. The largest absolute Gasteiger partial charge is 0.492 e. The normalized spacial score (nSPS) is 10.2. The molecule has 2 heterocycles. The molecule has 2 aromatic heterocycles. The van der Waals surface area contributed by atoms with Crippen LogP contribution in [-0.4, -0.2) is 22.4 Å². The Kier molecular flexibility index (Phi) is 3.82. The highest BCUT2D eigenvalue weighted by molar-refractivity contribution is 7.11. The number of carbonyl (C=O) groups is 1. The Balaban J connectivity index is 2.18. The topological polar surface area (TPSA) is 52.1 Å². The molecule has 0 aliphatic carbocycles. The van der Waals surface area contributed by atoms with E-state index < -0.39 is 0 Å². The second kappa shape index (κ2) is 5.54. The molecule has 0 saturated carbocycles. The van der Waals surface area contributed by atoms with E-state index >= 15 is 0 Å². The zero-order valence-corrected chi connectivity index (χ0v) is 10.2. The molecule has 0 unspecified atom stereocenters. The Morgan fingerprint density at radius 1 is 1.35 bits per heavy atom. The van der Waals surface area contributed by atoms with Gasteiger partial charge in [-0.15, -0.1) is 11.3 Å². The minimum atomic E-state index is -0.0676. The molecule has 0 amide bonds. The van der Waals surface area contributed by atoms with E-state index in [4.69, 9.17) is 4.74 Å². The third-order valence-electron chi connectivity index (χ3n) is 2.10. The van der Waals surface area contributed by atoms with Crippen LogP contribution in [0, 0.1) is 0 Å². The number of hydrogen-bond donors (Lipinski definition) is 0. The van der Waals surface area contributed by atoms with E-state index in [9.17, 15) is 4.79 Å². The van der Waals surface area contributed by atoms with Crippen molar-refractivity contribution in [2.24, 2.45) is 0 Å². The summed E-state index contributed by atoms with van der Waals surface area (Å²) in [6.45, 7) is 2.65. The van der Waals surface area contributed by atoms with Crippen LogP contribution in [-0.2, 0) is 0 Å². The number of pyridine rings is 1. The molecule has 0 bridgehead atoms. The van der Waals surface area contributed by atoms with Gasteiger partial charge in [-0.25, -0.2) is 0 Å². The molecule has 2 rings (SSSR count). The lowest BCUT2D eigenvalue weighted by atomic mass is 10.2. The Hall–Kier alpha value is -1.75. The highest BCUT2D eigenvalue weighted by Gasteiger charge is 2.11. The van der Waals surface area contributed by atoms with Crippen molar-refractivity contribution in [1.29, 1.82) is 0 Å². The van der Waals surface area contributed by atoms with Crippen LogP contribution in [0.4, 0.5) is 0 Å². The van der Waals surface area contributed by atoms with E-state index in [0.717, 1.165) is 6.42 Å². The number of rotatable bonds is 5. The van der Waals surface area contributed by atoms with E-state index in [1.165, 1.54) is 11.3 Å². The second-order valence-electron chi connectivity index (χ2n) is 3.45. The van der Waals surface area contributed by atoms with Gasteiger partial charge in [0.2, 0.25) is 5.78 Å². The van der Waals surface area contributed by atoms with Gasteiger partial charge in [0.25, 0.3) is 0 Å². The molecule has 0 N–H and O–H groups in total. The highest BCUT2D eigenvalue weighted by Crippen LogP contribution is 2.17. The van der Waals surface area contributed by atoms with E-state index in [0.29, 0.717) is 22.8 Å². The first kappa shape index (κ1) is 11.7. The summed E-state index contributed by atoms with van der Waals surface area (Å²) in [7, 11) is 0. The van der Waals surface area contributed by atoms with Gasteiger partial charge in [-0.1, -0.05) is 6.92 Å². The average molecular weight is 248 g/mol. The van der Waals surface area contributed by atoms with E-state index in [1.54, 1.807) is 30.2 Å². The first-order chi connectivity index (χ1) is 8.31. The van der Waals surface area contributed by atoms with Gasteiger partial charge in [-0.2, -0.15) is 0 Å². The zero-order chi connectivity index (χ0) is 12.1. The summed E-state index contributed by atoms with van der Waals surface area (Å²) >= 11 is 1.32. The first-order valence-electron chi connectivity index (χ1n) is 5.32. The Morgan fingerprint density at radius 3 is 2.94 bits per heavy atom. The molecule has 0 radical (unpaired) electrons. The lowest BCUT2D eigenvalue weighted by Gasteiger charge is -2.04. The van der Waals surface area contributed by atoms with Crippen molar-refractivity contribution in [3.05, 3.63) is 40.6 Å². The molecule has 88 valence electrons. The molecule has 2 aromatic rings. The fraction of sp³-hybridized carbons (Fsp3) is 0.250. The Morgan fingerprint density at radius 2 is 2.24 bits per heavy atom. The van der Waals surface area contributed by atoms with Crippen LogP contribution in [0.15, 0.2) is 30.2 Å². The SMILES string of the molecule is CCCOc1cncc(C(=O)c2cncs2)c1. The maximum atomic E-state index is 12.0. The molecule has 5 heteroatoms. The van der Waals surface area contributed by atoms with Crippen LogP contribution in [0.5, 0.6) is 5.75 Å². The van der Waals surface area contributed by atoms with Crippen molar-refractivity contribution >= 4 is 17.1 Å². The molecular weight excluding hydrogens is 236 g/mol. The summed E-state index contributed by atoms with van der Waals surface area (Å²) in [6.07, 6.45) is 5.64. The molecule has 0 fully saturated rings. The van der Waals surface area contributed by atoms with Crippen molar-refractivity contribution in [3.8, 4) is 5.75 Å². The summed E-state index contributed by atoms with van der Waals surface area (Å²) in [6, 6.07) is 1.71. The number of thiazole rings is 1. The Bertz CT molecular complexity index is 497. The summed E-state index contributed by atoms with van der Waals surface area (Å²) in [5.41, 5.74) is 2.17. The molecule has 0 spiro atoms. The fourth-order valence-corrected chi connectivity index (χ4v) is 1.89. The molecule has 4 nitrogen and oxygen atoms in total. The van der Waals surface area contributed by atoms with Crippen molar-refractivity contribution in [2.45, 2.75) is 13.3 Å². The molecular formula is C12H12N2O2S. The highest BCUT2D eigenvalue weighted by atomic mass is 32.1. The van der Waals surface area contributed by atoms with Gasteiger partial charge in [-0.3, -0.25) is 14.8 Å². The molecule has 0 aromatic carbocycles. The Labute approximate surface area is 103 Å². The summed E-state index contributed by atoms with van der Waals surface area (Å²) in [4.78, 5) is 20.5. The monoisotopic (exact) mass is 248 g/mol. The number of carbonyl (C=O) groups excluding carboxylic acids is 1. The van der Waals surface area contributed by atoms with Gasteiger partial charge in [0.05, 0.1) is 23.2 Å². The number of ketones is 1. The van der Waals surface area contributed by atoms with Crippen molar-refractivity contribution < 1.29 is 9.53 Å².